The first-order valence-electron chi connectivity index (χ1n) is 5.89. The Bertz CT molecular complexity index is 285. The average Bonchev–Trinajstić information content (AvgIpc) is 2.75. The molecule has 1 rings (SSSR count). The molecular formula is C11H21N3O2. The third kappa shape index (κ3) is 3.90. The van der Waals surface area contributed by atoms with Gasteiger partial charge in [0.1, 0.15) is 0 Å². The van der Waals surface area contributed by atoms with Crippen molar-refractivity contribution in [3.05, 3.63) is 11.8 Å². The maximum Gasteiger partial charge on any atom is 0.233 e. The van der Waals surface area contributed by atoms with Crippen LogP contribution in [-0.4, -0.2) is 30.5 Å². The molecule has 1 aromatic heterocycles. The standard InChI is InChI=1S/C11H21N3O2/c1-4-7-15-8-6-10-13-14-11(16-10)9(5-2)12-3/h9,12H,4-8H2,1-3H3. The fourth-order valence-corrected chi connectivity index (χ4v) is 1.42. The Morgan fingerprint density at radius 1 is 1.31 bits per heavy atom. The molecule has 5 nitrogen and oxygen atoms in total. The maximum atomic E-state index is 5.54. The first-order chi connectivity index (χ1) is 7.81. The summed E-state index contributed by atoms with van der Waals surface area (Å²) in [4.78, 5) is 0. The highest BCUT2D eigenvalue weighted by atomic mass is 16.5. The summed E-state index contributed by atoms with van der Waals surface area (Å²) >= 11 is 0. The summed E-state index contributed by atoms with van der Waals surface area (Å²) < 4.78 is 10.9. The minimum absolute atomic E-state index is 0.151. The van der Waals surface area contributed by atoms with Gasteiger partial charge in [-0.15, -0.1) is 10.2 Å². The van der Waals surface area contributed by atoms with Crippen molar-refractivity contribution in [1.82, 2.24) is 15.5 Å². The zero-order valence-electron chi connectivity index (χ0n) is 10.3. The third-order valence-corrected chi connectivity index (χ3v) is 2.35. The highest BCUT2D eigenvalue weighted by Gasteiger charge is 2.14. The van der Waals surface area contributed by atoms with Gasteiger partial charge >= 0.3 is 0 Å². The van der Waals surface area contributed by atoms with E-state index in [0.29, 0.717) is 24.8 Å². The minimum Gasteiger partial charge on any atom is -0.423 e. The SMILES string of the molecule is CCCOCCc1nnc(C(CC)NC)o1. The van der Waals surface area contributed by atoms with E-state index in [1.54, 1.807) is 0 Å². The van der Waals surface area contributed by atoms with Gasteiger partial charge in [0.05, 0.1) is 12.6 Å². The average molecular weight is 227 g/mol. The molecule has 1 heterocycles. The van der Waals surface area contributed by atoms with Crippen LogP contribution in [0.15, 0.2) is 4.42 Å². The predicted octanol–water partition coefficient (Wildman–Crippen LogP) is 1.71. The molecule has 0 spiro atoms. The summed E-state index contributed by atoms with van der Waals surface area (Å²) in [5, 5.41) is 11.1. The van der Waals surface area contributed by atoms with Gasteiger partial charge in [-0.2, -0.15) is 0 Å². The van der Waals surface area contributed by atoms with Gasteiger partial charge in [0, 0.05) is 13.0 Å². The van der Waals surface area contributed by atoms with Crippen LogP contribution in [0.3, 0.4) is 0 Å². The van der Waals surface area contributed by atoms with Crippen molar-refractivity contribution in [2.75, 3.05) is 20.3 Å². The van der Waals surface area contributed by atoms with Gasteiger partial charge in [-0.3, -0.25) is 0 Å². The van der Waals surface area contributed by atoms with Crippen LogP contribution in [0, 0.1) is 0 Å². The smallest absolute Gasteiger partial charge is 0.233 e. The monoisotopic (exact) mass is 227 g/mol. The number of nitrogens with one attached hydrogen (secondary N) is 1. The van der Waals surface area contributed by atoms with Gasteiger partial charge in [-0.25, -0.2) is 0 Å². The van der Waals surface area contributed by atoms with E-state index in [9.17, 15) is 0 Å². The summed E-state index contributed by atoms with van der Waals surface area (Å²) in [6, 6.07) is 0.151. The molecule has 0 bridgehead atoms. The second-order valence-electron chi connectivity index (χ2n) is 3.65. The lowest BCUT2D eigenvalue weighted by Crippen LogP contribution is -2.15. The van der Waals surface area contributed by atoms with Crippen LogP contribution in [0.4, 0.5) is 0 Å². The molecule has 1 aromatic rings. The van der Waals surface area contributed by atoms with Crippen LogP contribution in [-0.2, 0) is 11.2 Å². The van der Waals surface area contributed by atoms with E-state index in [4.69, 9.17) is 9.15 Å². The van der Waals surface area contributed by atoms with Crippen molar-refractivity contribution in [2.24, 2.45) is 0 Å². The molecule has 0 saturated carbocycles. The van der Waals surface area contributed by atoms with Crippen molar-refractivity contribution >= 4 is 0 Å². The Morgan fingerprint density at radius 3 is 2.75 bits per heavy atom. The Labute approximate surface area is 96.6 Å². The van der Waals surface area contributed by atoms with E-state index in [0.717, 1.165) is 19.4 Å². The number of nitrogens with zero attached hydrogens (tertiary/aromatic N) is 2. The van der Waals surface area contributed by atoms with Crippen molar-refractivity contribution < 1.29 is 9.15 Å². The van der Waals surface area contributed by atoms with Gasteiger partial charge in [-0.1, -0.05) is 13.8 Å². The fraction of sp³-hybridized carbons (Fsp3) is 0.818. The van der Waals surface area contributed by atoms with Crippen LogP contribution in [0.1, 0.15) is 44.5 Å². The second kappa shape index (κ2) is 7.35. The molecular weight excluding hydrogens is 206 g/mol. The molecule has 16 heavy (non-hydrogen) atoms. The highest BCUT2D eigenvalue weighted by Crippen LogP contribution is 2.14. The molecule has 0 radical (unpaired) electrons. The number of rotatable bonds is 8. The largest absolute Gasteiger partial charge is 0.423 e. The summed E-state index contributed by atoms with van der Waals surface area (Å²) in [6.45, 7) is 5.60. The molecule has 1 N–H and O–H groups in total. The molecule has 0 amide bonds. The quantitative estimate of drug-likeness (QED) is 0.685. The first-order valence-corrected chi connectivity index (χ1v) is 5.89. The lowest BCUT2D eigenvalue weighted by molar-refractivity contribution is 0.133. The van der Waals surface area contributed by atoms with E-state index < -0.39 is 0 Å². The van der Waals surface area contributed by atoms with E-state index >= 15 is 0 Å². The topological polar surface area (TPSA) is 60.2 Å². The molecule has 0 aromatic carbocycles. The Balaban J connectivity index is 2.38. The van der Waals surface area contributed by atoms with Crippen LogP contribution in [0.25, 0.3) is 0 Å². The number of hydrogen-bond donors (Lipinski definition) is 1. The minimum atomic E-state index is 0.151. The summed E-state index contributed by atoms with van der Waals surface area (Å²) in [6.07, 6.45) is 2.66. The Morgan fingerprint density at radius 2 is 2.12 bits per heavy atom. The van der Waals surface area contributed by atoms with Gasteiger partial charge in [0.15, 0.2) is 0 Å². The zero-order chi connectivity index (χ0) is 11.8. The molecule has 0 saturated heterocycles. The third-order valence-electron chi connectivity index (χ3n) is 2.35. The normalized spacial score (nSPS) is 12.9. The van der Waals surface area contributed by atoms with E-state index in [-0.39, 0.29) is 6.04 Å². The van der Waals surface area contributed by atoms with Gasteiger partial charge in [0.25, 0.3) is 0 Å². The Kier molecular flexibility index (Phi) is 6.03. The van der Waals surface area contributed by atoms with E-state index in [2.05, 4.69) is 29.4 Å². The molecule has 0 aliphatic heterocycles. The lowest BCUT2D eigenvalue weighted by Gasteiger charge is -2.07. The fourth-order valence-electron chi connectivity index (χ4n) is 1.42. The number of hydrogen-bond acceptors (Lipinski definition) is 5. The maximum absolute atomic E-state index is 5.54. The van der Waals surface area contributed by atoms with Gasteiger partial charge in [0.2, 0.25) is 11.8 Å². The van der Waals surface area contributed by atoms with Gasteiger partial charge < -0.3 is 14.5 Å². The van der Waals surface area contributed by atoms with Crippen LogP contribution >= 0.6 is 0 Å². The van der Waals surface area contributed by atoms with Crippen molar-refractivity contribution in [1.29, 1.82) is 0 Å². The molecule has 1 atom stereocenters. The zero-order valence-corrected chi connectivity index (χ0v) is 10.3. The summed E-state index contributed by atoms with van der Waals surface area (Å²) in [7, 11) is 1.89. The lowest BCUT2D eigenvalue weighted by atomic mass is 10.2. The van der Waals surface area contributed by atoms with Gasteiger partial charge in [-0.05, 0) is 19.9 Å². The molecule has 92 valence electrons. The second-order valence-corrected chi connectivity index (χ2v) is 3.65. The van der Waals surface area contributed by atoms with Crippen molar-refractivity contribution in [2.45, 2.75) is 39.2 Å². The number of ether oxygens (including phenoxy) is 1. The summed E-state index contributed by atoms with van der Waals surface area (Å²) in [5.41, 5.74) is 0. The van der Waals surface area contributed by atoms with Crippen LogP contribution in [0.5, 0.6) is 0 Å². The van der Waals surface area contributed by atoms with E-state index in [1.165, 1.54) is 0 Å². The summed E-state index contributed by atoms with van der Waals surface area (Å²) in [5.74, 6) is 1.32. The van der Waals surface area contributed by atoms with Crippen LogP contribution < -0.4 is 5.32 Å². The van der Waals surface area contributed by atoms with Crippen LogP contribution in [0.2, 0.25) is 0 Å². The first kappa shape index (κ1) is 13.1. The number of aromatic nitrogens is 2. The molecule has 0 aliphatic rings. The molecule has 0 aliphatic carbocycles. The molecule has 0 fully saturated rings. The molecule has 5 heteroatoms. The van der Waals surface area contributed by atoms with E-state index in [1.807, 2.05) is 7.05 Å². The Hall–Kier alpha value is -0.940. The van der Waals surface area contributed by atoms with Crippen molar-refractivity contribution in [3.63, 3.8) is 0 Å². The predicted molar refractivity (Wildman–Crippen MR) is 61.2 cm³/mol. The highest BCUT2D eigenvalue weighted by molar-refractivity contribution is 4.89. The van der Waals surface area contributed by atoms with Crippen molar-refractivity contribution in [3.8, 4) is 0 Å². The molecule has 1 unspecified atom stereocenters.